The molecule has 1 aliphatic rings. The van der Waals surface area contributed by atoms with Crippen molar-refractivity contribution in [3.63, 3.8) is 0 Å². The Morgan fingerprint density at radius 2 is 1.58 bits per heavy atom. The van der Waals surface area contributed by atoms with Gasteiger partial charge in [0.15, 0.2) is 0 Å². The summed E-state index contributed by atoms with van der Waals surface area (Å²) in [5.41, 5.74) is 5.57. The molecule has 2 heterocycles. The second kappa shape index (κ2) is 4.25. The molecular formula is C17H16N2. The Balaban J connectivity index is 1.60. The van der Waals surface area contributed by atoms with E-state index in [1.807, 2.05) is 0 Å². The Hall–Kier alpha value is -2.06. The molecule has 0 amide bonds. The number of rotatable bonds is 2. The van der Waals surface area contributed by atoms with Crippen LogP contribution in [0.15, 0.2) is 54.7 Å². The molecule has 4 rings (SSSR count). The third-order valence-electron chi connectivity index (χ3n) is 3.98. The van der Waals surface area contributed by atoms with Crippen molar-refractivity contribution in [1.82, 2.24) is 9.88 Å². The first-order chi connectivity index (χ1) is 9.40. The molecule has 2 nitrogen and oxygen atoms in total. The number of hydrogen-bond donors (Lipinski definition) is 1. The minimum atomic E-state index is 1.01. The van der Waals surface area contributed by atoms with Crippen LogP contribution in [0, 0.1) is 0 Å². The quantitative estimate of drug-likeness (QED) is 0.733. The van der Waals surface area contributed by atoms with Crippen molar-refractivity contribution in [2.75, 3.05) is 0 Å². The van der Waals surface area contributed by atoms with Gasteiger partial charge in [-0.2, -0.15) is 0 Å². The van der Waals surface area contributed by atoms with Crippen molar-refractivity contribution in [3.05, 3.63) is 71.4 Å². The van der Waals surface area contributed by atoms with Crippen molar-refractivity contribution in [1.29, 1.82) is 0 Å². The lowest BCUT2D eigenvalue weighted by Gasteiger charge is -2.13. The second-order valence-corrected chi connectivity index (χ2v) is 5.27. The third kappa shape index (κ3) is 1.85. The van der Waals surface area contributed by atoms with E-state index in [-0.39, 0.29) is 0 Å². The van der Waals surface area contributed by atoms with E-state index in [4.69, 9.17) is 0 Å². The van der Waals surface area contributed by atoms with Gasteiger partial charge in [-0.25, -0.2) is 0 Å². The van der Waals surface area contributed by atoms with Crippen LogP contribution in [-0.4, -0.2) is 9.88 Å². The Morgan fingerprint density at radius 3 is 2.37 bits per heavy atom. The van der Waals surface area contributed by atoms with E-state index in [0.29, 0.717) is 0 Å². The fourth-order valence-electron chi connectivity index (χ4n) is 3.02. The molecule has 0 radical (unpaired) electrons. The van der Waals surface area contributed by atoms with Crippen LogP contribution in [-0.2, 0) is 19.6 Å². The average Bonchev–Trinajstić information content (AvgIpc) is 3.03. The average molecular weight is 248 g/mol. The van der Waals surface area contributed by atoms with Gasteiger partial charge in [-0.3, -0.25) is 4.90 Å². The number of aromatic amines is 1. The molecule has 0 atom stereocenters. The molecular weight excluding hydrogens is 232 g/mol. The van der Waals surface area contributed by atoms with Gasteiger partial charge < -0.3 is 4.98 Å². The van der Waals surface area contributed by atoms with E-state index in [1.54, 1.807) is 0 Å². The number of fused-ring (bicyclic) bond motifs is 2. The van der Waals surface area contributed by atoms with E-state index in [1.165, 1.54) is 27.6 Å². The van der Waals surface area contributed by atoms with E-state index in [0.717, 1.165) is 19.6 Å². The molecule has 1 N–H and O–H groups in total. The standard InChI is InChI=1S/C17H16N2/c1-2-6-14-11-19(10-13(14)5-1)12-15-9-18-17-8-4-3-7-16(15)17/h1-9,18H,10-12H2. The van der Waals surface area contributed by atoms with Crippen molar-refractivity contribution in [2.45, 2.75) is 19.6 Å². The topological polar surface area (TPSA) is 19.0 Å². The van der Waals surface area contributed by atoms with Gasteiger partial charge in [-0.15, -0.1) is 0 Å². The number of nitrogens with zero attached hydrogens (tertiary/aromatic N) is 1. The summed E-state index contributed by atoms with van der Waals surface area (Å²) >= 11 is 0. The maximum absolute atomic E-state index is 3.36. The highest BCUT2D eigenvalue weighted by Gasteiger charge is 2.19. The molecule has 1 aliphatic heterocycles. The zero-order valence-electron chi connectivity index (χ0n) is 10.8. The first-order valence-corrected chi connectivity index (χ1v) is 6.74. The highest BCUT2D eigenvalue weighted by atomic mass is 15.1. The van der Waals surface area contributed by atoms with Crippen LogP contribution < -0.4 is 0 Å². The number of hydrogen-bond acceptors (Lipinski definition) is 1. The van der Waals surface area contributed by atoms with Gasteiger partial charge in [-0.1, -0.05) is 42.5 Å². The summed E-state index contributed by atoms with van der Waals surface area (Å²) in [7, 11) is 0. The number of para-hydroxylation sites is 1. The van der Waals surface area contributed by atoms with Crippen LogP contribution in [0.3, 0.4) is 0 Å². The molecule has 2 heteroatoms. The largest absolute Gasteiger partial charge is 0.361 e. The number of benzene rings is 2. The smallest absolute Gasteiger partial charge is 0.0457 e. The van der Waals surface area contributed by atoms with Gasteiger partial charge in [0.1, 0.15) is 0 Å². The fraction of sp³-hybridized carbons (Fsp3) is 0.176. The van der Waals surface area contributed by atoms with Crippen LogP contribution >= 0.6 is 0 Å². The molecule has 0 bridgehead atoms. The maximum Gasteiger partial charge on any atom is 0.0457 e. The second-order valence-electron chi connectivity index (χ2n) is 5.27. The van der Waals surface area contributed by atoms with Crippen LogP contribution in [0.4, 0.5) is 0 Å². The minimum Gasteiger partial charge on any atom is -0.361 e. The predicted octanol–water partition coefficient (Wildman–Crippen LogP) is 3.68. The van der Waals surface area contributed by atoms with Gasteiger partial charge >= 0.3 is 0 Å². The lowest BCUT2D eigenvalue weighted by atomic mass is 10.1. The van der Waals surface area contributed by atoms with Gasteiger partial charge in [0, 0.05) is 36.7 Å². The monoisotopic (exact) mass is 248 g/mol. The lowest BCUT2D eigenvalue weighted by molar-refractivity contribution is 0.276. The Labute approximate surface area is 112 Å². The zero-order valence-corrected chi connectivity index (χ0v) is 10.8. The molecule has 0 aliphatic carbocycles. The molecule has 0 spiro atoms. The van der Waals surface area contributed by atoms with Gasteiger partial charge in [-0.05, 0) is 22.8 Å². The molecule has 94 valence electrons. The predicted molar refractivity (Wildman–Crippen MR) is 77.7 cm³/mol. The lowest BCUT2D eigenvalue weighted by Crippen LogP contribution is -2.15. The summed E-state index contributed by atoms with van der Waals surface area (Å²) in [5.74, 6) is 0. The van der Waals surface area contributed by atoms with Crippen LogP contribution in [0.2, 0.25) is 0 Å². The molecule has 3 aromatic rings. The number of H-pyrrole nitrogens is 1. The van der Waals surface area contributed by atoms with E-state index in [2.05, 4.69) is 64.6 Å². The molecule has 0 unspecified atom stereocenters. The SMILES string of the molecule is c1ccc2c(c1)CN(Cc1c[nH]c3ccccc13)C2. The summed E-state index contributed by atoms with van der Waals surface area (Å²) in [6, 6.07) is 17.3. The van der Waals surface area contributed by atoms with Crippen LogP contribution in [0.5, 0.6) is 0 Å². The number of nitrogens with one attached hydrogen (secondary N) is 1. The first-order valence-electron chi connectivity index (χ1n) is 6.74. The molecule has 19 heavy (non-hydrogen) atoms. The fourth-order valence-corrected chi connectivity index (χ4v) is 3.02. The summed E-state index contributed by atoms with van der Waals surface area (Å²) in [5, 5.41) is 1.35. The third-order valence-corrected chi connectivity index (χ3v) is 3.98. The van der Waals surface area contributed by atoms with Crippen molar-refractivity contribution >= 4 is 10.9 Å². The Morgan fingerprint density at radius 1 is 0.895 bits per heavy atom. The molecule has 0 saturated carbocycles. The van der Waals surface area contributed by atoms with Crippen molar-refractivity contribution < 1.29 is 0 Å². The highest BCUT2D eigenvalue weighted by Crippen LogP contribution is 2.26. The van der Waals surface area contributed by atoms with Gasteiger partial charge in [0.25, 0.3) is 0 Å². The van der Waals surface area contributed by atoms with Crippen molar-refractivity contribution in [3.8, 4) is 0 Å². The van der Waals surface area contributed by atoms with E-state index in [9.17, 15) is 0 Å². The normalized spacial score (nSPS) is 14.9. The van der Waals surface area contributed by atoms with Crippen molar-refractivity contribution in [2.24, 2.45) is 0 Å². The molecule has 2 aromatic carbocycles. The molecule has 0 saturated heterocycles. The van der Waals surface area contributed by atoms with Gasteiger partial charge in [0.05, 0.1) is 0 Å². The van der Waals surface area contributed by atoms with Gasteiger partial charge in [0.2, 0.25) is 0 Å². The molecule has 1 aromatic heterocycles. The van der Waals surface area contributed by atoms with Crippen LogP contribution in [0.1, 0.15) is 16.7 Å². The molecule has 0 fully saturated rings. The van der Waals surface area contributed by atoms with E-state index < -0.39 is 0 Å². The number of aromatic nitrogens is 1. The Kier molecular flexibility index (Phi) is 2.42. The minimum absolute atomic E-state index is 1.01. The summed E-state index contributed by atoms with van der Waals surface area (Å²) in [6.45, 7) is 3.14. The maximum atomic E-state index is 3.36. The summed E-state index contributed by atoms with van der Waals surface area (Å²) < 4.78 is 0. The zero-order chi connectivity index (χ0) is 12.7. The summed E-state index contributed by atoms with van der Waals surface area (Å²) in [4.78, 5) is 5.86. The van der Waals surface area contributed by atoms with E-state index >= 15 is 0 Å². The highest BCUT2D eigenvalue weighted by molar-refractivity contribution is 5.82. The summed E-state index contributed by atoms with van der Waals surface area (Å²) in [6.07, 6.45) is 2.15. The van der Waals surface area contributed by atoms with Crippen LogP contribution in [0.25, 0.3) is 10.9 Å². The first kappa shape index (κ1) is 10.8. The Bertz CT molecular complexity index is 702.